The molecule has 10 heteroatoms. The first-order valence-electron chi connectivity index (χ1n) is 7.85. The summed E-state index contributed by atoms with van der Waals surface area (Å²) < 4.78 is 63.7. The van der Waals surface area contributed by atoms with Crippen molar-refractivity contribution in [3.05, 3.63) is 59.3 Å². The van der Waals surface area contributed by atoms with Gasteiger partial charge in [-0.25, -0.2) is 0 Å². The molecule has 0 aliphatic carbocycles. The second-order valence-electron chi connectivity index (χ2n) is 5.86. The number of benzene rings is 2. The number of rotatable bonds is 3. The quantitative estimate of drug-likeness (QED) is 0.478. The predicted molar refractivity (Wildman–Crippen MR) is 91.9 cm³/mol. The summed E-state index contributed by atoms with van der Waals surface area (Å²) >= 11 is -0.516. The van der Waals surface area contributed by atoms with Crippen molar-refractivity contribution >= 4 is 25.1 Å². The molecule has 5 nitrogen and oxygen atoms in total. The fourth-order valence-electron chi connectivity index (χ4n) is 2.69. The number of carbonyl (C=O) groups is 1. The molecule has 0 atom stereocenters. The minimum atomic E-state index is -3.72. The number of aromatic nitrogens is 1. The van der Waals surface area contributed by atoms with Gasteiger partial charge in [-0.3, -0.25) is 0 Å². The monoisotopic (exact) mass is 458 g/mol. The molecule has 0 saturated heterocycles. The van der Waals surface area contributed by atoms with Gasteiger partial charge >= 0.3 is 161 Å². The van der Waals surface area contributed by atoms with E-state index in [1.165, 1.54) is 18.3 Å². The van der Waals surface area contributed by atoms with Gasteiger partial charge in [-0.15, -0.1) is 0 Å². The molecule has 2 aromatic carbocycles. The van der Waals surface area contributed by atoms with Crippen molar-refractivity contribution in [1.82, 2.24) is 4.98 Å². The first kappa shape index (κ1) is 18.5. The van der Waals surface area contributed by atoms with Crippen molar-refractivity contribution in [2.75, 3.05) is 5.32 Å². The second kappa shape index (κ2) is 6.65. The summed E-state index contributed by atoms with van der Waals surface area (Å²) in [6.45, 7) is 1.71. The summed E-state index contributed by atoms with van der Waals surface area (Å²) in [5, 5.41) is 2.39. The van der Waals surface area contributed by atoms with Crippen LogP contribution in [0.4, 0.5) is 22.3 Å². The first-order valence-corrected chi connectivity index (χ1v) is 9.57. The van der Waals surface area contributed by atoms with Crippen LogP contribution < -0.4 is 14.8 Å². The molecule has 1 aliphatic heterocycles. The van der Waals surface area contributed by atoms with E-state index in [1.807, 2.05) is 0 Å². The number of halogens is 4. The van der Waals surface area contributed by atoms with E-state index in [-0.39, 0.29) is 16.2 Å². The molecule has 144 valence electrons. The number of ether oxygens (including phenoxy) is 2. The number of fused-ring (bicyclic) bond motifs is 1. The molecule has 4 rings (SSSR count). The Kier molecular flexibility index (Phi) is 4.40. The van der Waals surface area contributed by atoms with Gasteiger partial charge in [0.05, 0.1) is 0 Å². The average Bonchev–Trinajstić information content (AvgIpc) is 3.16. The van der Waals surface area contributed by atoms with Crippen molar-refractivity contribution in [2.45, 2.75) is 13.2 Å². The van der Waals surface area contributed by atoms with E-state index in [0.29, 0.717) is 15.6 Å². The number of hydrogen-bond acceptors (Lipinski definition) is 4. The number of aryl methyl sites for hydroxylation is 1. The van der Waals surface area contributed by atoms with Crippen LogP contribution in [0.15, 0.2) is 36.5 Å². The zero-order chi connectivity index (χ0) is 20.1. The number of carbonyl (C=O) groups excluding carboxylic acids is 1. The van der Waals surface area contributed by atoms with Crippen molar-refractivity contribution in [2.24, 2.45) is 0 Å². The van der Waals surface area contributed by atoms with Gasteiger partial charge in [0.2, 0.25) is 0 Å². The molecule has 0 spiro atoms. The third-order valence-electron chi connectivity index (χ3n) is 3.93. The van der Waals surface area contributed by atoms with Crippen LogP contribution in [0, 0.1) is 18.6 Å². The molecule has 0 saturated carbocycles. The molecular weight excluding hydrogens is 447 g/mol. The van der Waals surface area contributed by atoms with Crippen LogP contribution in [0.25, 0.3) is 10.0 Å². The van der Waals surface area contributed by atoms with Gasteiger partial charge < -0.3 is 0 Å². The van der Waals surface area contributed by atoms with E-state index in [2.05, 4.69) is 19.8 Å². The van der Waals surface area contributed by atoms with Gasteiger partial charge in [-0.2, -0.15) is 0 Å². The molecule has 0 bridgehead atoms. The third-order valence-corrected chi connectivity index (χ3v) is 5.91. The second-order valence-corrected chi connectivity index (χ2v) is 8.02. The molecule has 1 aliphatic rings. The summed E-state index contributed by atoms with van der Waals surface area (Å²) in [6.07, 6.45) is -2.25. The van der Waals surface area contributed by atoms with E-state index in [0.717, 1.165) is 18.2 Å². The average molecular weight is 457 g/mol. The van der Waals surface area contributed by atoms with Gasteiger partial charge in [-0.1, -0.05) is 0 Å². The maximum absolute atomic E-state index is 13.7. The maximum atomic E-state index is 13.7. The number of alkyl halides is 2. The third kappa shape index (κ3) is 3.36. The van der Waals surface area contributed by atoms with Crippen LogP contribution in [0.2, 0.25) is 0 Å². The minimum absolute atomic E-state index is 0.0678. The van der Waals surface area contributed by atoms with Crippen molar-refractivity contribution in [1.29, 1.82) is 0 Å². The molecule has 0 radical (unpaired) electrons. The van der Waals surface area contributed by atoms with Crippen molar-refractivity contribution in [3.63, 3.8) is 0 Å². The van der Waals surface area contributed by atoms with Crippen LogP contribution in [0.5, 0.6) is 11.5 Å². The molecule has 3 aromatic rings. The number of hydrogen-bond donors (Lipinski definition) is 1. The van der Waals surface area contributed by atoms with Crippen LogP contribution in [-0.4, -0.2) is 31.7 Å². The summed E-state index contributed by atoms with van der Waals surface area (Å²) in [7, 11) is 0. The number of nitrogens with zero attached hydrogens (tertiary/aromatic N) is 1. The van der Waals surface area contributed by atoms with Crippen molar-refractivity contribution in [3.8, 4) is 21.5 Å². The van der Waals surface area contributed by atoms with Gasteiger partial charge in [0.15, 0.2) is 0 Å². The van der Waals surface area contributed by atoms with Crippen LogP contribution in [-0.2, 0) is 0 Å². The first-order chi connectivity index (χ1) is 13.2. The normalized spacial score (nSPS) is 14.2. The number of nitrogens with one attached hydrogen (secondary N) is 1. The van der Waals surface area contributed by atoms with E-state index in [4.69, 9.17) is 0 Å². The molecule has 2 heterocycles. The standard InChI is InChI=1S/C18H10F4N2O3Se/c1-8-5-12-13(27-18(21,22)26-12)6-9(8)14-7-23-17(28-14)24-16(25)15-10(19)3-2-4-11(15)20/h2-7H,1H3,(H,23,24,25). The predicted octanol–water partition coefficient (Wildman–Crippen LogP) is 3.97. The molecule has 1 N–H and O–H groups in total. The Morgan fingerprint density at radius 2 is 1.79 bits per heavy atom. The molecule has 28 heavy (non-hydrogen) atoms. The van der Waals surface area contributed by atoms with E-state index in [9.17, 15) is 22.4 Å². The summed E-state index contributed by atoms with van der Waals surface area (Å²) in [5.74, 6) is -3.09. The molecule has 0 fully saturated rings. The summed E-state index contributed by atoms with van der Waals surface area (Å²) in [6, 6.07) is 5.96. The Morgan fingerprint density at radius 3 is 2.46 bits per heavy atom. The van der Waals surface area contributed by atoms with E-state index in [1.54, 1.807) is 6.92 Å². The van der Waals surface area contributed by atoms with Gasteiger partial charge in [0, 0.05) is 0 Å². The Hall–Kier alpha value is -2.84. The zero-order valence-corrected chi connectivity index (χ0v) is 15.8. The van der Waals surface area contributed by atoms with E-state index >= 15 is 0 Å². The molecule has 1 amide bonds. The molecule has 0 unspecified atom stereocenters. The van der Waals surface area contributed by atoms with Crippen LogP contribution in [0.3, 0.4) is 0 Å². The number of anilines is 1. The fourth-order valence-corrected chi connectivity index (χ4v) is 4.57. The Labute approximate surface area is 161 Å². The van der Waals surface area contributed by atoms with Crippen LogP contribution in [0.1, 0.15) is 15.9 Å². The van der Waals surface area contributed by atoms with Gasteiger partial charge in [0.25, 0.3) is 0 Å². The molecule has 1 aromatic heterocycles. The fraction of sp³-hybridized carbons (Fsp3) is 0.111. The SMILES string of the molecule is Cc1cc2c(cc1-c1cnc(NC(=O)c3c(F)cccc3F)[se]1)OC(F)(F)O2. The van der Waals surface area contributed by atoms with Gasteiger partial charge in [-0.05, 0) is 0 Å². The Bertz CT molecular complexity index is 1080. The summed E-state index contributed by atoms with van der Waals surface area (Å²) in [5.41, 5.74) is 0.553. The van der Waals surface area contributed by atoms with Crippen LogP contribution >= 0.6 is 0 Å². The van der Waals surface area contributed by atoms with Gasteiger partial charge in [0.1, 0.15) is 0 Å². The Morgan fingerprint density at radius 1 is 1.14 bits per heavy atom. The van der Waals surface area contributed by atoms with E-state index < -0.39 is 43.9 Å². The zero-order valence-electron chi connectivity index (χ0n) is 14.1. The Balaban J connectivity index is 1.60. The number of amides is 1. The van der Waals surface area contributed by atoms with Crippen molar-refractivity contribution < 1.29 is 31.8 Å². The topological polar surface area (TPSA) is 60.5 Å². The summed E-state index contributed by atoms with van der Waals surface area (Å²) in [4.78, 5) is 16.2. The molecular formula is C18H10F4N2O3Se.